The highest BCUT2D eigenvalue weighted by Gasteiger charge is 2.08. The van der Waals surface area contributed by atoms with E-state index in [-0.39, 0.29) is 12.5 Å². The van der Waals surface area contributed by atoms with E-state index in [2.05, 4.69) is 35.4 Å². The summed E-state index contributed by atoms with van der Waals surface area (Å²) in [6.07, 6.45) is 1.67. The zero-order chi connectivity index (χ0) is 16.4. The van der Waals surface area contributed by atoms with Crippen LogP contribution < -0.4 is 5.43 Å². The molecule has 0 radical (unpaired) electrons. The molecule has 118 valence electrons. The lowest BCUT2D eigenvalue weighted by atomic mass is 10.2. The van der Waals surface area contributed by atoms with Crippen molar-refractivity contribution in [1.82, 2.24) is 15.0 Å². The Kier molecular flexibility index (Phi) is 4.25. The molecular weight excluding hydrogens is 308 g/mol. The van der Waals surface area contributed by atoms with Gasteiger partial charge in [0.1, 0.15) is 6.54 Å². The van der Waals surface area contributed by atoms with E-state index in [0.29, 0.717) is 0 Å². The van der Waals surface area contributed by atoms with Crippen molar-refractivity contribution < 1.29 is 4.79 Å². The van der Waals surface area contributed by atoms with Crippen molar-refractivity contribution in [2.24, 2.45) is 5.10 Å². The molecule has 0 atom stereocenters. The maximum atomic E-state index is 12.1. The minimum atomic E-state index is -0.169. The molecule has 23 heavy (non-hydrogen) atoms. The zero-order valence-corrected chi connectivity index (χ0v) is 14.1. The first-order valence-corrected chi connectivity index (χ1v) is 8.16. The standard InChI is InChI=1S/C17H18N4OS/c1-11-8-14(13(3)23-11)12(2)19-20-17(22)9-21-10-18-15-6-4-5-7-16(15)21/h4-8,10H,9H2,1-3H3,(H,20,22)/b19-12+. The predicted molar refractivity (Wildman–Crippen MR) is 93.9 cm³/mol. The van der Waals surface area contributed by atoms with Crippen LogP contribution in [0, 0.1) is 13.8 Å². The molecule has 0 saturated heterocycles. The van der Waals surface area contributed by atoms with Gasteiger partial charge in [0.15, 0.2) is 0 Å². The number of rotatable bonds is 4. The van der Waals surface area contributed by atoms with E-state index in [1.165, 1.54) is 9.75 Å². The van der Waals surface area contributed by atoms with Crippen molar-refractivity contribution in [3.63, 3.8) is 0 Å². The molecule has 0 bridgehead atoms. The van der Waals surface area contributed by atoms with Crippen LogP contribution in [0.25, 0.3) is 11.0 Å². The molecule has 6 heteroatoms. The molecule has 0 aliphatic rings. The van der Waals surface area contributed by atoms with Gasteiger partial charge in [-0.3, -0.25) is 4.79 Å². The van der Waals surface area contributed by atoms with Crippen molar-refractivity contribution in [2.75, 3.05) is 0 Å². The third kappa shape index (κ3) is 3.32. The summed E-state index contributed by atoms with van der Waals surface area (Å²) in [4.78, 5) is 18.8. The zero-order valence-electron chi connectivity index (χ0n) is 13.3. The molecule has 0 aliphatic carbocycles. The number of fused-ring (bicyclic) bond motifs is 1. The van der Waals surface area contributed by atoms with Crippen molar-refractivity contribution in [1.29, 1.82) is 0 Å². The fourth-order valence-electron chi connectivity index (χ4n) is 2.52. The van der Waals surface area contributed by atoms with Crippen LogP contribution in [0.2, 0.25) is 0 Å². The summed E-state index contributed by atoms with van der Waals surface area (Å²) in [5, 5.41) is 4.22. The number of hydrazone groups is 1. The highest BCUT2D eigenvalue weighted by Crippen LogP contribution is 2.21. The summed E-state index contributed by atoms with van der Waals surface area (Å²) in [7, 11) is 0. The Balaban J connectivity index is 1.70. The first kappa shape index (κ1) is 15.4. The lowest BCUT2D eigenvalue weighted by Gasteiger charge is -2.04. The second kappa shape index (κ2) is 6.34. The number of amides is 1. The van der Waals surface area contributed by atoms with Crippen molar-refractivity contribution in [2.45, 2.75) is 27.3 Å². The van der Waals surface area contributed by atoms with Gasteiger partial charge in [-0.2, -0.15) is 5.10 Å². The average molecular weight is 326 g/mol. The number of hydrogen-bond donors (Lipinski definition) is 1. The quantitative estimate of drug-likeness (QED) is 0.591. The first-order chi connectivity index (χ1) is 11.0. The Bertz CT molecular complexity index is 891. The number of imidazole rings is 1. The lowest BCUT2D eigenvalue weighted by Crippen LogP contribution is -2.24. The second-order valence-corrected chi connectivity index (χ2v) is 6.88. The van der Waals surface area contributed by atoms with Crippen molar-refractivity contribution in [3.8, 4) is 0 Å². The number of thiophene rings is 1. The topological polar surface area (TPSA) is 59.3 Å². The first-order valence-electron chi connectivity index (χ1n) is 7.35. The number of aryl methyl sites for hydroxylation is 2. The van der Waals surface area contributed by atoms with Gasteiger partial charge in [-0.05, 0) is 39.0 Å². The van der Waals surface area contributed by atoms with Crippen LogP contribution >= 0.6 is 11.3 Å². The molecule has 3 rings (SSSR count). The van der Waals surface area contributed by atoms with Gasteiger partial charge in [0, 0.05) is 15.3 Å². The molecule has 0 aliphatic heterocycles. The number of para-hydroxylation sites is 2. The van der Waals surface area contributed by atoms with E-state index in [0.717, 1.165) is 22.3 Å². The maximum absolute atomic E-state index is 12.1. The normalized spacial score (nSPS) is 11.9. The van der Waals surface area contributed by atoms with Crippen LogP contribution in [0.1, 0.15) is 22.2 Å². The summed E-state index contributed by atoms with van der Waals surface area (Å²) in [6, 6.07) is 9.82. The van der Waals surface area contributed by atoms with Gasteiger partial charge < -0.3 is 4.57 Å². The molecule has 5 nitrogen and oxygen atoms in total. The van der Waals surface area contributed by atoms with Crippen LogP contribution in [-0.2, 0) is 11.3 Å². The van der Waals surface area contributed by atoms with E-state index in [1.54, 1.807) is 17.7 Å². The Morgan fingerprint density at radius 1 is 1.35 bits per heavy atom. The number of carbonyl (C=O) groups is 1. The maximum Gasteiger partial charge on any atom is 0.260 e. The van der Waals surface area contributed by atoms with Crippen LogP contribution in [0.4, 0.5) is 0 Å². The van der Waals surface area contributed by atoms with E-state index >= 15 is 0 Å². The molecule has 3 aromatic rings. The summed E-state index contributed by atoms with van der Waals surface area (Å²) in [5.74, 6) is -0.169. The van der Waals surface area contributed by atoms with Gasteiger partial charge in [-0.25, -0.2) is 10.4 Å². The lowest BCUT2D eigenvalue weighted by molar-refractivity contribution is -0.121. The minimum Gasteiger partial charge on any atom is -0.321 e. The van der Waals surface area contributed by atoms with E-state index < -0.39 is 0 Å². The highest BCUT2D eigenvalue weighted by atomic mass is 32.1. The van der Waals surface area contributed by atoms with E-state index in [9.17, 15) is 4.79 Å². The SMILES string of the molecule is C/C(=N\NC(=O)Cn1cnc2ccccc21)c1cc(C)sc1C. The summed E-state index contributed by atoms with van der Waals surface area (Å²) in [5.41, 5.74) is 6.34. The molecule has 1 N–H and O–H groups in total. The van der Waals surface area contributed by atoms with Crippen molar-refractivity contribution in [3.05, 3.63) is 52.0 Å². The summed E-state index contributed by atoms with van der Waals surface area (Å²) >= 11 is 1.73. The molecule has 2 aromatic heterocycles. The van der Waals surface area contributed by atoms with E-state index in [4.69, 9.17) is 0 Å². The van der Waals surface area contributed by atoms with Crippen molar-refractivity contribution >= 4 is 34.0 Å². The fraction of sp³-hybridized carbons (Fsp3) is 0.235. The third-order valence-electron chi connectivity index (χ3n) is 3.62. The second-order valence-electron chi connectivity index (χ2n) is 5.42. The smallest absolute Gasteiger partial charge is 0.260 e. The van der Waals surface area contributed by atoms with Crippen LogP contribution in [-0.4, -0.2) is 21.2 Å². The molecule has 2 heterocycles. The van der Waals surface area contributed by atoms with Gasteiger partial charge in [0.2, 0.25) is 0 Å². The summed E-state index contributed by atoms with van der Waals surface area (Å²) in [6.45, 7) is 6.23. The Morgan fingerprint density at radius 2 is 2.13 bits per heavy atom. The monoisotopic (exact) mass is 326 g/mol. The number of aromatic nitrogens is 2. The Morgan fingerprint density at radius 3 is 2.87 bits per heavy atom. The number of benzene rings is 1. The molecule has 0 fully saturated rings. The highest BCUT2D eigenvalue weighted by molar-refractivity contribution is 7.12. The molecule has 1 aromatic carbocycles. The fourth-order valence-corrected chi connectivity index (χ4v) is 3.50. The van der Waals surface area contributed by atoms with Gasteiger partial charge >= 0.3 is 0 Å². The number of carbonyl (C=O) groups excluding carboxylic acids is 1. The molecule has 0 unspecified atom stereocenters. The van der Waals surface area contributed by atoms with Gasteiger partial charge in [0.25, 0.3) is 5.91 Å². The average Bonchev–Trinajstić information content (AvgIpc) is 3.08. The molecule has 1 amide bonds. The van der Waals surface area contributed by atoms with Gasteiger partial charge in [-0.1, -0.05) is 12.1 Å². The van der Waals surface area contributed by atoms with E-state index in [1.807, 2.05) is 35.8 Å². The molecule has 0 saturated carbocycles. The molecular formula is C17H18N4OS. The Labute approximate surface area is 138 Å². The van der Waals surface area contributed by atoms with Crippen LogP contribution in [0.3, 0.4) is 0 Å². The summed E-state index contributed by atoms with van der Waals surface area (Å²) < 4.78 is 1.81. The third-order valence-corrected chi connectivity index (χ3v) is 4.59. The molecule has 0 spiro atoms. The minimum absolute atomic E-state index is 0.169. The Hall–Kier alpha value is -2.47. The van der Waals surface area contributed by atoms with Crippen LogP contribution in [0.15, 0.2) is 41.8 Å². The number of hydrogen-bond acceptors (Lipinski definition) is 4. The number of nitrogens with one attached hydrogen (secondary N) is 1. The number of nitrogens with zero attached hydrogens (tertiary/aromatic N) is 3. The van der Waals surface area contributed by atoms with Gasteiger partial charge in [0.05, 0.1) is 23.1 Å². The predicted octanol–water partition coefficient (Wildman–Crippen LogP) is 3.26. The largest absolute Gasteiger partial charge is 0.321 e. The van der Waals surface area contributed by atoms with Gasteiger partial charge in [-0.15, -0.1) is 11.3 Å². The van der Waals surface area contributed by atoms with Crippen LogP contribution in [0.5, 0.6) is 0 Å².